The molecule has 1 aromatic heterocycles. The van der Waals surface area contributed by atoms with Gasteiger partial charge in [-0.3, -0.25) is 4.79 Å². The van der Waals surface area contributed by atoms with Crippen LogP contribution in [-0.4, -0.2) is 28.5 Å². The number of nitrogens with one attached hydrogen (secondary N) is 1. The largest absolute Gasteiger partial charge is 0.494 e. The molecule has 0 radical (unpaired) electrons. The first-order valence-corrected chi connectivity index (χ1v) is 10.4. The number of rotatable bonds is 7. The number of para-hydroxylation sites is 1. The molecule has 0 aliphatic carbocycles. The summed E-state index contributed by atoms with van der Waals surface area (Å²) in [5.41, 5.74) is 7.75. The van der Waals surface area contributed by atoms with E-state index in [1.54, 1.807) is 30.5 Å². The summed E-state index contributed by atoms with van der Waals surface area (Å²) in [6, 6.07) is 25.0. The average molecular weight is 425 g/mol. The van der Waals surface area contributed by atoms with Crippen LogP contribution in [0.5, 0.6) is 5.75 Å². The molecule has 0 saturated heterocycles. The number of hydrazone groups is 1. The number of hydrogen-bond acceptors (Lipinski definition) is 4. The van der Waals surface area contributed by atoms with Crippen LogP contribution in [0.4, 0.5) is 0 Å². The highest BCUT2D eigenvalue weighted by molar-refractivity contribution is 5.95. The lowest BCUT2D eigenvalue weighted by Crippen LogP contribution is -2.17. The van der Waals surface area contributed by atoms with Gasteiger partial charge in [-0.25, -0.2) is 10.1 Å². The minimum atomic E-state index is -0.295. The molecule has 0 fully saturated rings. The van der Waals surface area contributed by atoms with Crippen LogP contribution in [0.2, 0.25) is 0 Å². The van der Waals surface area contributed by atoms with E-state index in [0.717, 1.165) is 33.8 Å². The minimum Gasteiger partial charge on any atom is -0.494 e. The van der Waals surface area contributed by atoms with Crippen LogP contribution in [0, 0.1) is 6.92 Å². The van der Waals surface area contributed by atoms with Crippen LogP contribution in [0.25, 0.3) is 16.9 Å². The van der Waals surface area contributed by atoms with Gasteiger partial charge in [0.15, 0.2) is 0 Å². The summed E-state index contributed by atoms with van der Waals surface area (Å²) in [5.74, 6) is 0.431. The molecule has 0 saturated carbocycles. The first kappa shape index (κ1) is 21.1. The molecule has 0 atom stereocenters. The second-order valence-electron chi connectivity index (χ2n) is 7.24. The molecule has 1 heterocycles. The normalized spacial score (nSPS) is 10.9. The molecule has 3 aromatic carbocycles. The minimum absolute atomic E-state index is 0.295. The molecule has 1 amide bonds. The lowest BCUT2D eigenvalue weighted by atomic mass is 10.1. The van der Waals surface area contributed by atoms with Crippen molar-refractivity contribution in [2.75, 3.05) is 6.61 Å². The van der Waals surface area contributed by atoms with Gasteiger partial charge in [0.2, 0.25) is 0 Å². The van der Waals surface area contributed by atoms with Gasteiger partial charge < -0.3 is 4.74 Å². The van der Waals surface area contributed by atoms with Crippen molar-refractivity contribution in [3.05, 3.63) is 102 Å². The Balaban J connectivity index is 1.58. The number of benzene rings is 3. The molecule has 0 spiro atoms. The lowest BCUT2D eigenvalue weighted by Gasteiger charge is -2.04. The second kappa shape index (κ2) is 9.75. The van der Waals surface area contributed by atoms with Crippen molar-refractivity contribution in [3.63, 3.8) is 0 Å². The van der Waals surface area contributed by atoms with Gasteiger partial charge in [-0.05, 0) is 56.3 Å². The third-order valence-corrected chi connectivity index (χ3v) is 4.85. The first-order valence-electron chi connectivity index (χ1n) is 10.4. The van der Waals surface area contributed by atoms with E-state index >= 15 is 0 Å². The van der Waals surface area contributed by atoms with Crippen molar-refractivity contribution < 1.29 is 9.53 Å². The number of hydrogen-bond donors (Lipinski definition) is 1. The van der Waals surface area contributed by atoms with E-state index < -0.39 is 0 Å². The number of aromatic nitrogens is 2. The highest BCUT2D eigenvalue weighted by Crippen LogP contribution is 2.23. The van der Waals surface area contributed by atoms with Gasteiger partial charge in [-0.15, -0.1) is 0 Å². The Hall–Kier alpha value is -4.19. The Kier molecular flexibility index (Phi) is 6.41. The highest BCUT2D eigenvalue weighted by atomic mass is 16.5. The molecule has 4 aromatic rings. The maximum atomic E-state index is 12.4. The molecule has 6 heteroatoms. The average Bonchev–Trinajstić information content (AvgIpc) is 3.24. The van der Waals surface area contributed by atoms with Gasteiger partial charge in [0.05, 0.1) is 18.5 Å². The fourth-order valence-electron chi connectivity index (χ4n) is 3.31. The van der Waals surface area contributed by atoms with Gasteiger partial charge in [0, 0.05) is 22.9 Å². The zero-order valence-electron chi connectivity index (χ0n) is 18.0. The molecule has 0 unspecified atom stereocenters. The van der Waals surface area contributed by atoms with E-state index in [9.17, 15) is 4.79 Å². The third-order valence-electron chi connectivity index (χ3n) is 4.85. The van der Waals surface area contributed by atoms with E-state index in [2.05, 4.69) is 16.6 Å². The van der Waals surface area contributed by atoms with Crippen LogP contribution < -0.4 is 10.2 Å². The van der Waals surface area contributed by atoms with E-state index in [1.165, 1.54) is 0 Å². The topological polar surface area (TPSA) is 68.5 Å². The van der Waals surface area contributed by atoms with Crippen molar-refractivity contribution in [2.24, 2.45) is 5.10 Å². The predicted octanol–water partition coefficient (Wildman–Crippen LogP) is 5.01. The number of amides is 1. The zero-order chi connectivity index (χ0) is 22.3. The quantitative estimate of drug-likeness (QED) is 0.335. The smallest absolute Gasteiger partial charge is 0.271 e. The third kappa shape index (κ3) is 4.92. The monoisotopic (exact) mass is 424 g/mol. The summed E-state index contributed by atoms with van der Waals surface area (Å²) in [6.07, 6.45) is 3.52. The molecule has 0 bridgehead atoms. The Morgan fingerprint density at radius 3 is 2.56 bits per heavy atom. The Morgan fingerprint density at radius 2 is 1.84 bits per heavy atom. The van der Waals surface area contributed by atoms with E-state index in [1.807, 2.05) is 73.3 Å². The van der Waals surface area contributed by atoms with Crippen molar-refractivity contribution in [1.29, 1.82) is 0 Å². The molecular formula is C26H24N4O2. The van der Waals surface area contributed by atoms with E-state index in [4.69, 9.17) is 9.84 Å². The van der Waals surface area contributed by atoms with E-state index in [-0.39, 0.29) is 5.91 Å². The van der Waals surface area contributed by atoms with Crippen LogP contribution in [-0.2, 0) is 0 Å². The Labute approximate surface area is 187 Å². The fraction of sp³-hybridized carbons (Fsp3) is 0.115. The zero-order valence-corrected chi connectivity index (χ0v) is 18.0. The number of ether oxygens (including phenoxy) is 1. The maximum Gasteiger partial charge on any atom is 0.271 e. The predicted molar refractivity (Wildman–Crippen MR) is 126 cm³/mol. The molecular weight excluding hydrogens is 400 g/mol. The molecule has 32 heavy (non-hydrogen) atoms. The summed E-state index contributed by atoms with van der Waals surface area (Å²) >= 11 is 0. The van der Waals surface area contributed by atoms with Crippen LogP contribution >= 0.6 is 0 Å². The number of carbonyl (C=O) groups is 1. The summed E-state index contributed by atoms with van der Waals surface area (Å²) < 4.78 is 7.22. The Morgan fingerprint density at radius 1 is 1.06 bits per heavy atom. The molecule has 1 N–H and O–H groups in total. The summed E-state index contributed by atoms with van der Waals surface area (Å²) in [5, 5.41) is 8.96. The molecule has 0 aliphatic rings. The van der Waals surface area contributed by atoms with Crippen LogP contribution in [0.15, 0.2) is 90.2 Å². The van der Waals surface area contributed by atoms with Gasteiger partial charge >= 0.3 is 0 Å². The van der Waals surface area contributed by atoms with Crippen molar-refractivity contribution in [1.82, 2.24) is 15.2 Å². The number of nitrogens with zero attached hydrogens (tertiary/aromatic N) is 3. The number of carbonyl (C=O) groups excluding carboxylic acids is 1. The van der Waals surface area contributed by atoms with Gasteiger partial charge in [0.25, 0.3) is 5.91 Å². The Bertz CT molecular complexity index is 1230. The standard InChI is InChI=1S/C26H24N4O2/c1-3-32-24-14-12-20(13-15-24)26(31)28-27-17-22-18-30(23-10-5-4-6-11-23)29-25(22)21-9-7-8-19(2)16-21/h4-18H,3H2,1-2H3,(H,28,31)/b27-17-. The maximum absolute atomic E-state index is 12.4. The molecule has 0 aliphatic heterocycles. The van der Waals surface area contributed by atoms with Gasteiger partial charge in [-0.1, -0.05) is 42.0 Å². The molecule has 160 valence electrons. The van der Waals surface area contributed by atoms with Crippen molar-refractivity contribution in [2.45, 2.75) is 13.8 Å². The lowest BCUT2D eigenvalue weighted by molar-refractivity contribution is 0.0955. The fourth-order valence-corrected chi connectivity index (χ4v) is 3.31. The highest BCUT2D eigenvalue weighted by Gasteiger charge is 2.12. The second-order valence-corrected chi connectivity index (χ2v) is 7.24. The van der Waals surface area contributed by atoms with Gasteiger partial charge in [-0.2, -0.15) is 10.2 Å². The molecule has 6 nitrogen and oxygen atoms in total. The summed E-state index contributed by atoms with van der Waals surface area (Å²) in [7, 11) is 0. The first-order chi connectivity index (χ1) is 15.6. The van der Waals surface area contributed by atoms with Crippen molar-refractivity contribution >= 4 is 12.1 Å². The van der Waals surface area contributed by atoms with Crippen LogP contribution in [0.1, 0.15) is 28.4 Å². The number of aryl methyl sites for hydroxylation is 1. The SMILES string of the molecule is CCOc1ccc(C(=O)N/N=C\c2cn(-c3ccccc3)nc2-c2cccc(C)c2)cc1. The molecule has 4 rings (SSSR count). The summed E-state index contributed by atoms with van der Waals surface area (Å²) in [4.78, 5) is 12.4. The van der Waals surface area contributed by atoms with E-state index in [0.29, 0.717) is 12.2 Å². The van der Waals surface area contributed by atoms with Crippen molar-refractivity contribution in [3.8, 4) is 22.7 Å². The summed E-state index contributed by atoms with van der Waals surface area (Å²) in [6.45, 7) is 4.54. The van der Waals surface area contributed by atoms with Gasteiger partial charge in [0.1, 0.15) is 11.4 Å². The van der Waals surface area contributed by atoms with Crippen LogP contribution in [0.3, 0.4) is 0 Å².